The first kappa shape index (κ1) is 37.7. The van der Waals surface area contributed by atoms with Gasteiger partial charge < -0.3 is 15.2 Å². The minimum Gasteiger partial charge on any atom is -0.497 e. The van der Waals surface area contributed by atoms with Crippen LogP contribution in [0.15, 0.2) is 89.8 Å². The van der Waals surface area contributed by atoms with E-state index in [4.69, 9.17) is 4.74 Å². The number of nitrogens with zero attached hydrogens (tertiary/aromatic N) is 2. The molecule has 256 valence electrons. The van der Waals surface area contributed by atoms with E-state index in [2.05, 4.69) is 10.7 Å². The predicted molar refractivity (Wildman–Crippen MR) is 184 cm³/mol. The molecule has 0 aliphatic heterocycles. The van der Waals surface area contributed by atoms with Gasteiger partial charge in [0.05, 0.1) is 30.7 Å². The highest BCUT2D eigenvalue weighted by molar-refractivity contribution is 7.89. The van der Waals surface area contributed by atoms with Crippen LogP contribution in [0.3, 0.4) is 0 Å². The fourth-order valence-corrected chi connectivity index (χ4v) is 6.74. The van der Waals surface area contributed by atoms with Gasteiger partial charge in [-0.1, -0.05) is 95.3 Å². The molecular formula is C36H50N4O6S. The van der Waals surface area contributed by atoms with Crippen molar-refractivity contribution in [3.63, 3.8) is 0 Å². The molecule has 0 spiro atoms. The number of hydrogen-bond donors (Lipinski definition) is 3. The molecule has 3 aromatic carbocycles. The van der Waals surface area contributed by atoms with Crippen LogP contribution in [0.1, 0.15) is 52.2 Å². The molecule has 2 atom stereocenters. The monoisotopic (exact) mass is 666 g/mol. The molecule has 0 aliphatic carbocycles. The van der Waals surface area contributed by atoms with Crippen LogP contribution < -0.4 is 15.5 Å². The number of ether oxygens (including phenoxy) is 1. The predicted octanol–water partition coefficient (Wildman–Crippen LogP) is 4.40. The van der Waals surface area contributed by atoms with Crippen LogP contribution in [0.25, 0.3) is 0 Å². The van der Waals surface area contributed by atoms with Gasteiger partial charge in [0, 0.05) is 26.1 Å². The highest BCUT2D eigenvalue weighted by atomic mass is 32.2. The molecule has 11 heteroatoms. The highest BCUT2D eigenvalue weighted by Crippen LogP contribution is 2.25. The minimum absolute atomic E-state index is 0.0585. The van der Waals surface area contributed by atoms with Gasteiger partial charge in [0.15, 0.2) is 0 Å². The van der Waals surface area contributed by atoms with Gasteiger partial charge >= 0.3 is 0 Å². The summed E-state index contributed by atoms with van der Waals surface area (Å²) < 4.78 is 34.3. The number of benzene rings is 3. The van der Waals surface area contributed by atoms with Gasteiger partial charge in [-0.25, -0.2) is 13.4 Å². The third-order valence-corrected chi connectivity index (χ3v) is 9.22. The second kappa shape index (κ2) is 17.4. The highest BCUT2D eigenvalue weighted by Gasteiger charge is 2.37. The van der Waals surface area contributed by atoms with Crippen LogP contribution in [0.2, 0.25) is 0 Å². The lowest BCUT2D eigenvalue weighted by molar-refractivity contribution is -0.149. The number of carbonyl (C=O) groups is 2. The van der Waals surface area contributed by atoms with Crippen molar-refractivity contribution in [2.24, 2.45) is 11.3 Å². The Bertz CT molecular complexity index is 1510. The molecule has 0 saturated carbocycles. The van der Waals surface area contributed by atoms with E-state index >= 15 is 0 Å². The van der Waals surface area contributed by atoms with Crippen LogP contribution in [0.5, 0.6) is 5.75 Å². The summed E-state index contributed by atoms with van der Waals surface area (Å²) >= 11 is 0. The van der Waals surface area contributed by atoms with Crippen molar-refractivity contribution in [1.29, 1.82) is 0 Å². The van der Waals surface area contributed by atoms with Crippen molar-refractivity contribution in [3.05, 3.63) is 96.1 Å². The Balaban J connectivity index is 1.95. The molecule has 0 radical (unpaired) electrons. The molecule has 0 fully saturated rings. The summed E-state index contributed by atoms with van der Waals surface area (Å²) in [5.74, 6) is -0.387. The largest absolute Gasteiger partial charge is 0.497 e. The summed E-state index contributed by atoms with van der Waals surface area (Å²) in [6, 6.07) is 24.0. The quantitative estimate of drug-likeness (QED) is 0.194. The van der Waals surface area contributed by atoms with Gasteiger partial charge in [-0.2, -0.15) is 4.31 Å². The molecule has 3 rings (SSSR count). The lowest BCUT2D eigenvalue weighted by Gasteiger charge is -2.38. The zero-order chi connectivity index (χ0) is 34.6. The maximum Gasteiger partial charge on any atom is 0.252 e. The Morgan fingerprint density at radius 1 is 0.872 bits per heavy atom. The Kier molecular flexibility index (Phi) is 14.0. The first-order chi connectivity index (χ1) is 22.2. The molecule has 0 unspecified atom stereocenters. The second-order valence-corrected chi connectivity index (χ2v) is 15.3. The molecule has 10 nitrogen and oxygen atoms in total. The lowest BCUT2D eigenvalue weighted by Crippen LogP contribution is -2.60. The van der Waals surface area contributed by atoms with Crippen LogP contribution >= 0.6 is 0 Å². The Labute approximate surface area is 280 Å². The third-order valence-electron chi connectivity index (χ3n) is 7.37. The maximum absolute atomic E-state index is 13.9. The van der Waals surface area contributed by atoms with Crippen LogP contribution in [0.4, 0.5) is 0 Å². The van der Waals surface area contributed by atoms with E-state index in [1.54, 1.807) is 12.1 Å². The van der Waals surface area contributed by atoms with E-state index in [9.17, 15) is 23.1 Å². The number of amides is 2. The van der Waals surface area contributed by atoms with E-state index < -0.39 is 33.5 Å². The molecule has 0 heterocycles. The molecule has 0 aliphatic rings. The second-order valence-electron chi connectivity index (χ2n) is 13.3. The number of nitrogens with one attached hydrogen (secondary N) is 2. The number of aliphatic hydroxyl groups excluding tert-OH is 1. The van der Waals surface area contributed by atoms with Gasteiger partial charge in [0.2, 0.25) is 15.9 Å². The first-order valence-corrected chi connectivity index (χ1v) is 17.4. The van der Waals surface area contributed by atoms with E-state index in [1.807, 2.05) is 95.3 Å². The fraction of sp³-hybridized carbons (Fsp3) is 0.444. The van der Waals surface area contributed by atoms with Gasteiger partial charge in [-0.3, -0.25) is 15.0 Å². The Hall–Kier alpha value is -3.77. The first-order valence-electron chi connectivity index (χ1n) is 15.9. The smallest absolute Gasteiger partial charge is 0.252 e. The average Bonchev–Trinajstić information content (AvgIpc) is 3.02. The summed E-state index contributed by atoms with van der Waals surface area (Å²) in [6.07, 6.45) is -1.10. The number of hydrazine groups is 1. The standard InChI is InChI=1S/C36H50N4O6S/c1-27(2)25-39(47(44,45)31-19-17-30(46-6)18-20-31)26-33(41)32(21-28-13-9-7-10-14-28)40(35(43)22-36(3,4)5)38-34(42)24-37-23-29-15-11-8-12-16-29/h7-20,27,32-33,37,41H,21-26H2,1-6H3,(H,38,42)/t32-,33+/m0/s1. The van der Waals surface area contributed by atoms with Crippen molar-refractivity contribution in [2.75, 3.05) is 26.7 Å². The van der Waals surface area contributed by atoms with Gasteiger partial charge in [-0.05, 0) is 53.1 Å². The molecule has 47 heavy (non-hydrogen) atoms. The van der Waals surface area contributed by atoms with E-state index in [0.717, 1.165) is 11.1 Å². The molecule has 2 amide bonds. The Morgan fingerprint density at radius 3 is 1.98 bits per heavy atom. The topological polar surface area (TPSA) is 128 Å². The number of methoxy groups -OCH3 is 1. The van der Waals surface area contributed by atoms with Gasteiger partial charge in [-0.15, -0.1) is 0 Å². The summed E-state index contributed by atoms with van der Waals surface area (Å²) in [5.41, 5.74) is 4.16. The van der Waals surface area contributed by atoms with Gasteiger partial charge in [0.25, 0.3) is 5.91 Å². The fourth-order valence-electron chi connectivity index (χ4n) is 5.12. The average molecular weight is 667 g/mol. The van der Waals surface area contributed by atoms with Crippen molar-refractivity contribution in [3.8, 4) is 5.75 Å². The molecule has 0 aromatic heterocycles. The minimum atomic E-state index is -4.04. The van der Waals surface area contributed by atoms with Crippen molar-refractivity contribution >= 4 is 21.8 Å². The summed E-state index contributed by atoms with van der Waals surface area (Å²) in [6.45, 7) is 9.75. The molecule has 3 aromatic rings. The van der Waals surface area contributed by atoms with Gasteiger partial charge in [0.1, 0.15) is 5.75 Å². The van der Waals surface area contributed by atoms with E-state index in [-0.39, 0.29) is 49.2 Å². The van der Waals surface area contributed by atoms with Crippen LogP contribution in [0, 0.1) is 11.3 Å². The van der Waals surface area contributed by atoms with Crippen LogP contribution in [-0.2, 0) is 32.6 Å². The number of carbonyl (C=O) groups excluding carboxylic acids is 2. The van der Waals surface area contributed by atoms with Crippen molar-refractivity contribution in [2.45, 2.75) is 71.0 Å². The van der Waals surface area contributed by atoms with Crippen molar-refractivity contribution < 1.29 is 27.9 Å². The number of hydrogen-bond acceptors (Lipinski definition) is 7. The number of rotatable bonds is 16. The molecule has 0 saturated heterocycles. The van der Waals surface area contributed by atoms with Crippen molar-refractivity contribution in [1.82, 2.24) is 20.1 Å². The van der Waals surface area contributed by atoms with E-state index in [0.29, 0.717) is 12.3 Å². The lowest BCUT2D eigenvalue weighted by atomic mass is 9.91. The summed E-state index contributed by atoms with van der Waals surface area (Å²) in [5, 5.41) is 16.2. The van der Waals surface area contributed by atoms with E-state index in [1.165, 1.54) is 28.6 Å². The summed E-state index contributed by atoms with van der Waals surface area (Å²) in [4.78, 5) is 27.3. The van der Waals surface area contributed by atoms with Crippen LogP contribution in [-0.4, -0.2) is 73.5 Å². The zero-order valence-electron chi connectivity index (χ0n) is 28.3. The normalized spacial score (nSPS) is 13.3. The molecular weight excluding hydrogens is 616 g/mol. The summed E-state index contributed by atoms with van der Waals surface area (Å²) in [7, 11) is -2.54. The number of sulfonamides is 1. The number of aliphatic hydroxyl groups is 1. The SMILES string of the molecule is COc1ccc(S(=O)(=O)N(CC(C)C)C[C@@H](O)[C@H](Cc2ccccc2)N(NC(=O)CNCc2ccccc2)C(=O)CC(C)(C)C)cc1. The maximum atomic E-state index is 13.9. The molecule has 0 bridgehead atoms. The third kappa shape index (κ3) is 12.1. The molecule has 3 N–H and O–H groups in total. The Morgan fingerprint density at radius 2 is 1.45 bits per heavy atom. The zero-order valence-corrected chi connectivity index (χ0v) is 29.2.